The first-order valence-corrected chi connectivity index (χ1v) is 9.13. The van der Waals surface area contributed by atoms with Crippen molar-refractivity contribution in [3.05, 3.63) is 0 Å². The van der Waals surface area contributed by atoms with Gasteiger partial charge in [0.1, 0.15) is 9.84 Å². The summed E-state index contributed by atoms with van der Waals surface area (Å²) in [7, 11) is -3.05. The lowest BCUT2D eigenvalue weighted by atomic mass is 10.2. The van der Waals surface area contributed by atoms with E-state index < -0.39 is 15.9 Å². The molecule has 1 atom stereocenters. The van der Waals surface area contributed by atoms with Gasteiger partial charge in [-0.1, -0.05) is 0 Å². The Kier molecular flexibility index (Phi) is 4.50. The van der Waals surface area contributed by atoms with Gasteiger partial charge in [-0.05, 0) is 43.9 Å². The minimum atomic E-state index is -3.05. The second-order valence-electron chi connectivity index (χ2n) is 6.16. The maximum atomic E-state index is 12.3. The molecular formula is C13H24N2O3S. The highest BCUT2D eigenvalue weighted by Gasteiger charge is 2.33. The minimum Gasteiger partial charge on any atom is -0.341 e. The Hall–Kier alpha value is -0.620. The zero-order valence-corrected chi connectivity index (χ0v) is 12.4. The number of sulfone groups is 1. The molecule has 0 spiro atoms. The standard InChI is InChI=1S/C13H24N2O3S/c1-19(17,18)7-6-12(14)13(16)15(8-10-2-3-10)9-11-4-5-11/h10-12H,2-9,14H2,1H3. The van der Waals surface area contributed by atoms with E-state index in [-0.39, 0.29) is 18.1 Å². The summed E-state index contributed by atoms with van der Waals surface area (Å²) in [5.74, 6) is 1.21. The molecule has 2 N–H and O–H groups in total. The third-order valence-corrected chi connectivity index (χ3v) is 4.76. The first-order valence-electron chi connectivity index (χ1n) is 7.07. The fraction of sp³-hybridized carbons (Fsp3) is 0.923. The highest BCUT2D eigenvalue weighted by molar-refractivity contribution is 7.90. The zero-order chi connectivity index (χ0) is 14.0. The Labute approximate surface area is 115 Å². The summed E-state index contributed by atoms with van der Waals surface area (Å²) < 4.78 is 22.2. The predicted octanol–water partition coefficient (Wildman–Crippen LogP) is 0.397. The molecule has 0 aromatic heterocycles. The SMILES string of the molecule is CS(=O)(=O)CCC(N)C(=O)N(CC1CC1)CC1CC1. The van der Waals surface area contributed by atoms with E-state index in [1.54, 1.807) is 0 Å². The average molecular weight is 288 g/mol. The van der Waals surface area contributed by atoms with Gasteiger partial charge in [-0.2, -0.15) is 0 Å². The summed E-state index contributed by atoms with van der Waals surface area (Å²) in [5.41, 5.74) is 5.86. The number of hydrogen-bond donors (Lipinski definition) is 1. The molecule has 2 aliphatic rings. The first-order chi connectivity index (χ1) is 8.85. The molecule has 5 nitrogen and oxygen atoms in total. The summed E-state index contributed by atoms with van der Waals surface area (Å²) >= 11 is 0. The van der Waals surface area contributed by atoms with Crippen LogP contribution >= 0.6 is 0 Å². The van der Waals surface area contributed by atoms with E-state index >= 15 is 0 Å². The van der Waals surface area contributed by atoms with Gasteiger partial charge in [0.15, 0.2) is 0 Å². The average Bonchev–Trinajstić information content (AvgIpc) is 3.17. The number of nitrogens with two attached hydrogens (primary N) is 1. The van der Waals surface area contributed by atoms with Crippen molar-refractivity contribution in [3.63, 3.8) is 0 Å². The van der Waals surface area contributed by atoms with Crippen LogP contribution in [0.1, 0.15) is 32.1 Å². The van der Waals surface area contributed by atoms with E-state index in [4.69, 9.17) is 5.73 Å². The molecule has 2 rings (SSSR count). The molecule has 0 saturated heterocycles. The van der Waals surface area contributed by atoms with Crippen molar-refractivity contribution in [2.75, 3.05) is 25.1 Å². The van der Waals surface area contributed by atoms with E-state index in [0.717, 1.165) is 13.1 Å². The van der Waals surface area contributed by atoms with Crippen LogP contribution in [0.5, 0.6) is 0 Å². The summed E-state index contributed by atoms with van der Waals surface area (Å²) in [6.07, 6.45) is 6.21. The largest absolute Gasteiger partial charge is 0.341 e. The molecule has 0 aromatic rings. The van der Waals surface area contributed by atoms with Crippen molar-refractivity contribution in [2.45, 2.75) is 38.1 Å². The minimum absolute atomic E-state index is 0.0133. The molecule has 1 unspecified atom stereocenters. The summed E-state index contributed by atoms with van der Waals surface area (Å²) in [6, 6.07) is -0.674. The second kappa shape index (κ2) is 5.79. The Balaban J connectivity index is 1.84. The molecule has 2 aliphatic carbocycles. The molecule has 0 bridgehead atoms. The molecular weight excluding hydrogens is 264 g/mol. The molecule has 2 saturated carbocycles. The fourth-order valence-electron chi connectivity index (χ4n) is 2.18. The van der Waals surface area contributed by atoms with Crippen LogP contribution in [0, 0.1) is 11.8 Å². The van der Waals surface area contributed by atoms with Crippen molar-refractivity contribution in [2.24, 2.45) is 17.6 Å². The van der Waals surface area contributed by atoms with Gasteiger partial charge in [-0.25, -0.2) is 8.42 Å². The molecule has 110 valence electrons. The van der Waals surface area contributed by atoms with Crippen LogP contribution in [0.2, 0.25) is 0 Å². The van der Waals surface area contributed by atoms with Crippen LogP contribution in [0.15, 0.2) is 0 Å². The van der Waals surface area contributed by atoms with E-state index in [1.165, 1.54) is 31.9 Å². The van der Waals surface area contributed by atoms with Crippen LogP contribution in [-0.2, 0) is 14.6 Å². The normalized spacial score (nSPS) is 21.2. The zero-order valence-electron chi connectivity index (χ0n) is 11.5. The monoisotopic (exact) mass is 288 g/mol. The van der Waals surface area contributed by atoms with Crippen LogP contribution in [0.4, 0.5) is 0 Å². The quantitative estimate of drug-likeness (QED) is 0.701. The predicted molar refractivity (Wildman–Crippen MR) is 74.3 cm³/mol. The van der Waals surface area contributed by atoms with Gasteiger partial charge in [0.2, 0.25) is 5.91 Å². The van der Waals surface area contributed by atoms with Crippen molar-refractivity contribution in [3.8, 4) is 0 Å². The third-order valence-electron chi connectivity index (χ3n) is 3.78. The summed E-state index contributed by atoms with van der Waals surface area (Å²) in [4.78, 5) is 14.2. The van der Waals surface area contributed by atoms with Crippen molar-refractivity contribution in [1.29, 1.82) is 0 Å². The first kappa shape index (κ1) is 14.8. The van der Waals surface area contributed by atoms with Gasteiger partial charge in [-0.3, -0.25) is 4.79 Å². The molecule has 19 heavy (non-hydrogen) atoms. The van der Waals surface area contributed by atoms with E-state index in [9.17, 15) is 13.2 Å². The topological polar surface area (TPSA) is 80.5 Å². The lowest BCUT2D eigenvalue weighted by Gasteiger charge is -2.25. The highest BCUT2D eigenvalue weighted by atomic mass is 32.2. The molecule has 0 heterocycles. The Bertz CT molecular complexity index is 413. The molecule has 1 amide bonds. The molecule has 2 fully saturated rings. The van der Waals surface area contributed by atoms with Gasteiger partial charge >= 0.3 is 0 Å². The van der Waals surface area contributed by atoms with Gasteiger partial charge in [0, 0.05) is 19.3 Å². The smallest absolute Gasteiger partial charge is 0.239 e. The number of hydrogen-bond acceptors (Lipinski definition) is 4. The maximum Gasteiger partial charge on any atom is 0.239 e. The van der Waals surface area contributed by atoms with Gasteiger partial charge in [0.25, 0.3) is 0 Å². The van der Waals surface area contributed by atoms with Crippen molar-refractivity contribution >= 4 is 15.7 Å². The number of carbonyl (C=O) groups is 1. The molecule has 0 aliphatic heterocycles. The molecule has 0 aromatic carbocycles. The molecule has 0 radical (unpaired) electrons. The second-order valence-corrected chi connectivity index (χ2v) is 8.41. The number of nitrogens with zero attached hydrogens (tertiary/aromatic N) is 1. The lowest BCUT2D eigenvalue weighted by molar-refractivity contribution is -0.133. The van der Waals surface area contributed by atoms with Crippen molar-refractivity contribution in [1.82, 2.24) is 4.90 Å². The van der Waals surface area contributed by atoms with Crippen LogP contribution in [0.25, 0.3) is 0 Å². The Morgan fingerprint density at radius 2 is 1.68 bits per heavy atom. The third kappa shape index (κ3) is 5.48. The Morgan fingerprint density at radius 1 is 1.21 bits per heavy atom. The number of rotatable bonds is 8. The Morgan fingerprint density at radius 3 is 2.05 bits per heavy atom. The summed E-state index contributed by atoms with van der Waals surface area (Å²) in [6.45, 7) is 1.61. The number of carbonyl (C=O) groups excluding carboxylic acids is 1. The van der Waals surface area contributed by atoms with E-state index in [2.05, 4.69) is 0 Å². The van der Waals surface area contributed by atoms with Crippen molar-refractivity contribution < 1.29 is 13.2 Å². The van der Waals surface area contributed by atoms with Gasteiger partial charge < -0.3 is 10.6 Å². The lowest BCUT2D eigenvalue weighted by Crippen LogP contribution is -2.46. The maximum absolute atomic E-state index is 12.3. The van der Waals surface area contributed by atoms with Crippen LogP contribution < -0.4 is 5.73 Å². The van der Waals surface area contributed by atoms with E-state index in [1.807, 2.05) is 4.90 Å². The van der Waals surface area contributed by atoms with Gasteiger partial charge in [0.05, 0.1) is 11.8 Å². The summed E-state index contributed by atoms with van der Waals surface area (Å²) in [5, 5.41) is 0. The molecule has 6 heteroatoms. The fourth-order valence-corrected chi connectivity index (χ4v) is 2.86. The highest BCUT2D eigenvalue weighted by Crippen LogP contribution is 2.33. The van der Waals surface area contributed by atoms with Crippen LogP contribution in [-0.4, -0.2) is 50.4 Å². The van der Waals surface area contributed by atoms with Crippen LogP contribution in [0.3, 0.4) is 0 Å². The van der Waals surface area contributed by atoms with E-state index in [0.29, 0.717) is 11.8 Å². The van der Waals surface area contributed by atoms with Gasteiger partial charge in [-0.15, -0.1) is 0 Å². The number of amides is 1.